The molecule has 0 N–H and O–H groups in total. The Hall–Kier alpha value is -2.22. The van der Waals surface area contributed by atoms with Crippen LogP contribution in [0.2, 0.25) is 0 Å². The highest BCUT2D eigenvalue weighted by molar-refractivity contribution is 7.89. The Bertz CT molecular complexity index is 1050. The van der Waals surface area contributed by atoms with E-state index >= 15 is 0 Å². The van der Waals surface area contributed by atoms with Gasteiger partial charge in [-0.25, -0.2) is 8.42 Å². The van der Waals surface area contributed by atoms with E-state index in [0.29, 0.717) is 36.7 Å². The molecule has 0 radical (unpaired) electrons. The van der Waals surface area contributed by atoms with Crippen LogP contribution in [0.4, 0.5) is 0 Å². The van der Waals surface area contributed by atoms with Crippen molar-refractivity contribution in [1.29, 1.82) is 0 Å². The van der Waals surface area contributed by atoms with Crippen LogP contribution >= 0.6 is 0 Å². The molecular formula is C27H37N3O3S. The van der Waals surface area contributed by atoms with Gasteiger partial charge in [-0.05, 0) is 54.0 Å². The van der Waals surface area contributed by atoms with Gasteiger partial charge in [0.15, 0.2) is 0 Å². The number of sulfonamides is 1. The molecule has 0 saturated carbocycles. The molecule has 2 aliphatic heterocycles. The molecule has 7 heteroatoms. The van der Waals surface area contributed by atoms with Crippen LogP contribution in [0, 0.1) is 0 Å². The van der Waals surface area contributed by atoms with Crippen molar-refractivity contribution in [1.82, 2.24) is 14.1 Å². The summed E-state index contributed by atoms with van der Waals surface area (Å²) in [5.74, 6) is 0.721. The highest BCUT2D eigenvalue weighted by Crippen LogP contribution is 2.22. The molecule has 1 amide bonds. The maximum Gasteiger partial charge on any atom is 0.243 e. The number of carbonyl (C=O) groups is 1. The van der Waals surface area contributed by atoms with Crippen molar-refractivity contribution in [3.8, 4) is 0 Å². The third-order valence-corrected chi connectivity index (χ3v) is 8.94. The number of piperazine rings is 1. The topological polar surface area (TPSA) is 60.9 Å². The molecule has 2 aromatic rings. The van der Waals surface area contributed by atoms with Crippen molar-refractivity contribution in [2.75, 3.05) is 39.3 Å². The van der Waals surface area contributed by atoms with Gasteiger partial charge in [0.05, 0.1) is 4.90 Å². The Balaban J connectivity index is 1.22. The molecular weight excluding hydrogens is 446 g/mol. The number of hydrogen-bond acceptors (Lipinski definition) is 4. The fraction of sp³-hybridized carbons (Fsp3) is 0.519. The van der Waals surface area contributed by atoms with Gasteiger partial charge in [-0.1, -0.05) is 50.2 Å². The second-order valence-corrected chi connectivity index (χ2v) is 11.7. The first-order chi connectivity index (χ1) is 16.3. The number of nitrogens with zero attached hydrogens (tertiary/aromatic N) is 3. The van der Waals surface area contributed by atoms with Gasteiger partial charge in [-0.15, -0.1) is 0 Å². The standard InChI is InChI=1S/C27H37N3O3S/c1-22(2)25-10-5-24(6-11-25)21-28-17-19-29(20-18-28)27(31)14-9-23-7-12-26(13-8-23)34(32,33)30-15-3-4-16-30/h5-8,10-13,22H,3-4,9,14-21H2,1-2H3. The minimum Gasteiger partial charge on any atom is -0.340 e. The molecule has 184 valence electrons. The molecule has 2 aromatic carbocycles. The van der Waals surface area contributed by atoms with E-state index < -0.39 is 10.0 Å². The Labute approximate surface area is 204 Å². The number of amides is 1. The van der Waals surface area contributed by atoms with Crippen LogP contribution in [0.1, 0.15) is 55.7 Å². The van der Waals surface area contributed by atoms with E-state index in [1.165, 1.54) is 11.1 Å². The van der Waals surface area contributed by atoms with Gasteiger partial charge in [0, 0.05) is 52.2 Å². The van der Waals surface area contributed by atoms with Gasteiger partial charge < -0.3 is 4.90 Å². The van der Waals surface area contributed by atoms with E-state index in [1.54, 1.807) is 16.4 Å². The SMILES string of the molecule is CC(C)c1ccc(CN2CCN(C(=O)CCc3ccc(S(=O)(=O)N4CCCC4)cc3)CC2)cc1. The maximum absolute atomic E-state index is 12.7. The van der Waals surface area contributed by atoms with Crippen molar-refractivity contribution < 1.29 is 13.2 Å². The van der Waals surface area contributed by atoms with E-state index in [1.807, 2.05) is 17.0 Å². The zero-order chi connectivity index (χ0) is 24.1. The summed E-state index contributed by atoms with van der Waals surface area (Å²) in [6.07, 6.45) is 2.94. The third-order valence-electron chi connectivity index (χ3n) is 7.03. The van der Waals surface area contributed by atoms with Crippen molar-refractivity contribution in [2.24, 2.45) is 0 Å². The van der Waals surface area contributed by atoms with E-state index in [2.05, 4.69) is 43.0 Å². The Morgan fingerprint density at radius 3 is 2.00 bits per heavy atom. The number of carbonyl (C=O) groups excluding carboxylic acids is 1. The van der Waals surface area contributed by atoms with Gasteiger partial charge in [0.1, 0.15) is 0 Å². The lowest BCUT2D eigenvalue weighted by Crippen LogP contribution is -2.48. The summed E-state index contributed by atoms with van der Waals surface area (Å²) in [4.78, 5) is 17.5. The predicted molar refractivity (Wildman–Crippen MR) is 135 cm³/mol. The molecule has 0 aromatic heterocycles. The molecule has 6 nitrogen and oxygen atoms in total. The second-order valence-electron chi connectivity index (χ2n) is 9.81. The van der Waals surface area contributed by atoms with Crippen LogP contribution in [-0.2, 0) is 27.8 Å². The lowest BCUT2D eigenvalue weighted by atomic mass is 10.0. The molecule has 0 spiro atoms. The number of rotatable bonds is 8. The first-order valence-electron chi connectivity index (χ1n) is 12.5. The lowest BCUT2D eigenvalue weighted by molar-refractivity contribution is -0.133. The highest BCUT2D eigenvalue weighted by atomic mass is 32.2. The summed E-state index contributed by atoms with van der Waals surface area (Å²) in [5.41, 5.74) is 3.68. The minimum atomic E-state index is -3.38. The molecule has 0 unspecified atom stereocenters. The Morgan fingerprint density at radius 2 is 1.41 bits per heavy atom. The van der Waals surface area contributed by atoms with Crippen molar-refractivity contribution in [2.45, 2.75) is 56.9 Å². The van der Waals surface area contributed by atoms with Gasteiger partial charge in [-0.3, -0.25) is 9.69 Å². The summed E-state index contributed by atoms with van der Waals surface area (Å²) in [6.45, 7) is 9.85. The minimum absolute atomic E-state index is 0.176. The average molecular weight is 484 g/mol. The molecule has 4 rings (SSSR count). The van der Waals surface area contributed by atoms with E-state index in [-0.39, 0.29) is 5.91 Å². The third kappa shape index (κ3) is 6.06. The maximum atomic E-state index is 12.7. The van der Waals surface area contributed by atoms with Gasteiger partial charge in [0.2, 0.25) is 15.9 Å². The van der Waals surface area contributed by atoms with Crippen LogP contribution in [0.25, 0.3) is 0 Å². The molecule has 0 bridgehead atoms. The summed E-state index contributed by atoms with van der Waals surface area (Å²) < 4.78 is 26.9. The Kier molecular flexibility index (Phi) is 8.06. The normalized spacial score (nSPS) is 18.0. The zero-order valence-corrected chi connectivity index (χ0v) is 21.3. The van der Waals surface area contributed by atoms with Gasteiger partial charge in [0.25, 0.3) is 0 Å². The number of benzene rings is 2. The van der Waals surface area contributed by atoms with Crippen LogP contribution < -0.4 is 0 Å². The smallest absolute Gasteiger partial charge is 0.243 e. The van der Waals surface area contributed by atoms with Gasteiger partial charge in [-0.2, -0.15) is 4.31 Å². The summed E-state index contributed by atoms with van der Waals surface area (Å²) in [6, 6.07) is 15.9. The van der Waals surface area contributed by atoms with Crippen molar-refractivity contribution >= 4 is 15.9 Å². The summed E-state index contributed by atoms with van der Waals surface area (Å²) in [7, 11) is -3.38. The molecule has 2 fully saturated rings. The van der Waals surface area contributed by atoms with Crippen LogP contribution in [0.15, 0.2) is 53.4 Å². The van der Waals surface area contributed by atoms with Gasteiger partial charge >= 0.3 is 0 Å². The van der Waals surface area contributed by atoms with E-state index in [0.717, 1.165) is 51.1 Å². The highest BCUT2D eigenvalue weighted by Gasteiger charge is 2.27. The van der Waals surface area contributed by atoms with E-state index in [9.17, 15) is 13.2 Å². The quantitative estimate of drug-likeness (QED) is 0.572. The van der Waals surface area contributed by atoms with Crippen LogP contribution in [0.3, 0.4) is 0 Å². The Morgan fingerprint density at radius 1 is 0.824 bits per heavy atom. The largest absolute Gasteiger partial charge is 0.340 e. The van der Waals surface area contributed by atoms with Crippen molar-refractivity contribution in [3.63, 3.8) is 0 Å². The number of aryl methyl sites for hydroxylation is 1. The average Bonchev–Trinajstić information content (AvgIpc) is 3.40. The fourth-order valence-corrected chi connectivity index (χ4v) is 6.25. The second kappa shape index (κ2) is 11.0. The lowest BCUT2D eigenvalue weighted by Gasteiger charge is -2.35. The van der Waals surface area contributed by atoms with Crippen LogP contribution in [-0.4, -0.2) is 67.7 Å². The predicted octanol–water partition coefficient (Wildman–Crippen LogP) is 3.87. The summed E-state index contributed by atoms with van der Waals surface area (Å²) in [5, 5.41) is 0. The first kappa shape index (κ1) is 24.9. The molecule has 0 atom stereocenters. The molecule has 2 saturated heterocycles. The van der Waals surface area contributed by atoms with Crippen LogP contribution in [0.5, 0.6) is 0 Å². The molecule has 34 heavy (non-hydrogen) atoms. The zero-order valence-electron chi connectivity index (χ0n) is 20.4. The number of hydrogen-bond donors (Lipinski definition) is 0. The summed E-state index contributed by atoms with van der Waals surface area (Å²) >= 11 is 0. The fourth-order valence-electron chi connectivity index (χ4n) is 4.74. The molecule has 2 aliphatic rings. The monoisotopic (exact) mass is 483 g/mol. The van der Waals surface area contributed by atoms with E-state index in [4.69, 9.17) is 0 Å². The first-order valence-corrected chi connectivity index (χ1v) is 13.9. The molecule has 2 heterocycles. The van der Waals surface area contributed by atoms with Crippen molar-refractivity contribution in [3.05, 3.63) is 65.2 Å². The molecule has 0 aliphatic carbocycles.